The van der Waals surface area contributed by atoms with Crippen molar-refractivity contribution in [2.45, 2.75) is 39.2 Å². The number of amides is 2. The first-order valence-electron chi connectivity index (χ1n) is 11.8. The fourth-order valence-corrected chi connectivity index (χ4v) is 4.17. The van der Waals surface area contributed by atoms with Crippen LogP contribution in [0.3, 0.4) is 0 Å². The quantitative estimate of drug-likeness (QED) is 0.469. The van der Waals surface area contributed by atoms with E-state index < -0.39 is 29.0 Å². The van der Waals surface area contributed by atoms with Gasteiger partial charge in [0.05, 0.1) is 40.1 Å². The lowest BCUT2D eigenvalue weighted by Crippen LogP contribution is -2.31. The van der Waals surface area contributed by atoms with Crippen LogP contribution in [-0.4, -0.2) is 40.9 Å². The number of hydrogen-bond acceptors (Lipinski definition) is 6. The zero-order valence-electron chi connectivity index (χ0n) is 20.1. The smallest absolute Gasteiger partial charge is 0.276 e. The van der Waals surface area contributed by atoms with Crippen LogP contribution < -0.4 is 21.3 Å². The summed E-state index contributed by atoms with van der Waals surface area (Å²) in [5, 5.41) is 5.37. The highest BCUT2D eigenvalue weighted by molar-refractivity contribution is 6.08. The summed E-state index contributed by atoms with van der Waals surface area (Å²) in [7, 11) is 0. The van der Waals surface area contributed by atoms with E-state index in [1.165, 1.54) is 18.3 Å². The van der Waals surface area contributed by atoms with Crippen LogP contribution in [-0.2, 0) is 0 Å². The number of pyridine rings is 2. The molecule has 3 aromatic rings. The molecule has 0 spiro atoms. The molecule has 0 radical (unpaired) electrons. The molecule has 36 heavy (non-hydrogen) atoms. The van der Waals surface area contributed by atoms with Gasteiger partial charge in [0.2, 0.25) is 0 Å². The minimum atomic E-state index is -1.07. The number of halogens is 2. The van der Waals surface area contributed by atoms with Crippen molar-refractivity contribution < 1.29 is 18.4 Å². The molecule has 0 aliphatic carbocycles. The molecule has 1 fully saturated rings. The minimum absolute atomic E-state index is 0.0363. The lowest BCUT2D eigenvalue weighted by molar-refractivity contribution is 0.0938. The van der Waals surface area contributed by atoms with Gasteiger partial charge in [-0.1, -0.05) is 0 Å². The third-order valence-electron chi connectivity index (χ3n) is 5.90. The van der Waals surface area contributed by atoms with Gasteiger partial charge in [-0.25, -0.2) is 13.8 Å². The Morgan fingerprint density at radius 3 is 2.50 bits per heavy atom. The molecule has 0 saturated carbocycles. The molecule has 4 rings (SSSR count). The maximum absolute atomic E-state index is 15.3. The van der Waals surface area contributed by atoms with Crippen molar-refractivity contribution in [3.05, 3.63) is 65.6 Å². The monoisotopic (exact) mass is 494 g/mol. The van der Waals surface area contributed by atoms with Gasteiger partial charge in [-0.15, -0.1) is 0 Å². The van der Waals surface area contributed by atoms with Crippen molar-refractivity contribution in [2.75, 3.05) is 29.0 Å². The van der Waals surface area contributed by atoms with Gasteiger partial charge in [-0.05, 0) is 63.4 Å². The van der Waals surface area contributed by atoms with Gasteiger partial charge in [-0.2, -0.15) is 0 Å². The van der Waals surface area contributed by atoms with Crippen molar-refractivity contribution in [1.82, 2.24) is 15.3 Å². The third kappa shape index (κ3) is 5.27. The Bertz CT molecular complexity index is 1290. The standard InChI is InChI=1S/C26H28F2N6O2/c1-15(2)31-25(35)16-6-7-17(27)22(23(16)28)19-9-8-18(29)24(32-19)26(36)33-20-14-30-11-10-21(20)34-12-4-3-5-13-34/h6-11,14-15H,3-5,12-13,29H2,1-2H3,(H,31,35)(H,33,36). The second kappa shape index (κ2) is 10.7. The predicted octanol–water partition coefficient (Wildman–Crippen LogP) is 4.38. The lowest BCUT2D eigenvalue weighted by atomic mass is 10.0. The second-order valence-electron chi connectivity index (χ2n) is 8.94. The van der Waals surface area contributed by atoms with Crippen LogP contribution >= 0.6 is 0 Å². The van der Waals surface area contributed by atoms with Crippen molar-refractivity contribution in [2.24, 2.45) is 0 Å². The maximum Gasteiger partial charge on any atom is 0.276 e. The van der Waals surface area contributed by atoms with Crippen LogP contribution in [0, 0.1) is 11.6 Å². The molecule has 2 amide bonds. The molecule has 0 atom stereocenters. The van der Waals surface area contributed by atoms with E-state index in [1.54, 1.807) is 20.0 Å². The average molecular weight is 495 g/mol. The Morgan fingerprint density at radius 1 is 1.03 bits per heavy atom. The first-order chi connectivity index (χ1) is 17.3. The van der Waals surface area contributed by atoms with E-state index in [4.69, 9.17) is 5.73 Å². The van der Waals surface area contributed by atoms with Crippen LogP contribution in [0.2, 0.25) is 0 Å². The zero-order chi connectivity index (χ0) is 25.8. The Kier molecular flexibility index (Phi) is 7.42. The van der Waals surface area contributed by atoms with E-state index in [1.807, 2.05) is 6.07 Å². The highest BCUT2D eigenvalue weighted by Gasteiger charge is 2.24. The number of carbonyl (C=O) groups excluding carboxylic acids is 2. The van der Waals surface area contributed by atoms with Crippen LogP contribution in [0.25, 0.3) is 11.3 Å². The minimum Gasteiger partial charge on any atom is -0.397 e. The molecule has 0 bridgehead atoms. The normalized spacial score (nSPS) is 13.5. The average Bonchev–Trinajstić information content (AvgIpc) is 2.85. The number of anilines is 3. The fourth-order valence-electron chi connectivity index (χ4n) is 4.17. The van der Waals surface area contributed by atoms with Crippen molar-refractivity contribution in [3.63, 3.8) is 0 Å². The number of nitrogen functional groups attached to an aromatic ring is 1. The van der Waals surface area contributed by atoms with Gasteiger partial charge in [0.1, 0.15) is 11.6 Å². The summed E-state index contributed by atoms with van der Waals surface area (Å²) in [6, 6.07) is 6.31. The van der Waals surface area contributed by atoms with E-state index in [-0.39, 0.29) is 28.7 Å². The largest absolute Gasteiger partial charge is 0.397 e. The molecular formula is C26H28F2N6O2. The zero-order valence-corrected chi connectivity index (χ0v) is 20.1. The summed E-state index contributed by atoms with van der Waals surface area (Å²) in [6.07, 6.45) is 6.46. The maximum atomic E-state index is 15.3. The third-order valence-corrected chi connectivity index (χ3v) is 5.90. The topological polar surface area (TPSA) is 113 Å². The van der Waals surface area contributed by atoms with Gasteiger partial charge in [-0.3, -0.25) is 14.6 Å². The molecule has 1 aliphatic rings. The van der Waals surface area contributed by atoms with Crippen molar-refractivity contribution >= 4 is 28.9 Å². The SMILES string of the molecule is CC(C)NC(=O)c1ccc(F)c(-c2ccc(N)c(C(=O)Nc3cnccc3N3CCCCC3)n2)c1F. The predicted molar refractivity (Wildman–Crippen MR) is 135 cm³/mol. The van der Waals surface area contributed by atoms with E-state index in [9.17, 15) is 14.0 Å². The summed E-state index contributed by atoms with van der Waals surface area (Å²) in [4.78, 5) is 36.0. The number of aromatic nitrogens is 2. The van der Waals surface area contributed by atoms with E-state index >= 15 is 4.39 Å². The molecule has 3 heterocycles. The number of nitrogens with one attached hydrogen (secondary N) is 2. The Balaban J connectivity index is 1.67. The number of rotatable bonds is 6. The van der Waals surface area contributed by atoms with E-state index in [2.05, 4.69) is 25.5 Å². The van der Waals surface area contributed by atoms with Crippen LogP contribution in [0.1, 0.15) is 54.0 Å². The Morgan fingerprint density at radius 2 is 1.78 bits per heavy atom. The van der Waals surface area contributed by atoms with Crippen LogP contribution in [0.15, 0.2) is 42.7 Å². The van der Waals surface area contributed by atoms with E-state index in [0.717, 1.165) is 50.2 Å². The molecule has 8 nitrogen and oxygen atoms in total. The first-order valence-corrected chi connectivity index (χ1v) is 11.8. The van der Waals surface area contributed by atoms with Crippen molar-refractivity contribution in [1.29, 1.82) is 0 Å². The number of benzene rings is 1. The summed E-state index contributed by atoms with van der Waals surface area (Å²) >= 11 is 0. The molecule has 1 aromatic carbocycles. The highest BCUT2D eigenvalue weighted by Crippen LogP contribution is 2.30. The van der Waals surface area contributed by atoms with Crippen LogP contribution in [0.4, 0.5) is 25.8 Å². The molecule has 4 N–H and O–H groups in total. The van der Waals surface area contributed by atoms with Gasteiger partial charge in [0.25, 0.3) is 11.8 Å². The van der Waals surface area contributed by atoms with Gasteiger partial charge in [0.15, 0.2) is 5.69 Å². The molecule has 10 heteroatoms. The number of nitrogens with two attached hydrogens (primary N) is 1. The molecule has 188 valence electrons. The number of carbonyl (C=O) groups is 2. The first kappa shape index (κ1) is 25.0. The van der Waals surface area contributed by atoms with Crippen LogP contribution in [0.5, 0.6) is 0 Å². The van der Waals surface area contributed by atoms with E-state index in [0.29, 0.717) is 5.69 Å². The highest BCUT2D eigenvalue weighted by atomic mass is 19.1. The summed E-state index contributed by atoms with van der Waals surface area (Å²) in [5.41, 5.74) is 6.16. The molecular weight excluding hydrogens is 466 g/mol. The number of hydrogen-bond donors (Lipinski definition) is 3. The number of nitrogens with zero attached hydrogens (tertiary/aromatic N) is 3. The summed E-state index contributed by atoms with van der Waals surface area (Å²) < 4.78 is 30.0. The molecule has 1 aliphatic heterocycles. The molecule has 0 unspecified atom stereocenters. The molecule has 2 aromatic heterocycles. The number of piperidine rings is 1. The Labute approximate surface area is 207 Å². The van der Waals surface area contributed by atoms with Crippen molar-refractivity contribution in [3.8, 4) is 11.3 Å². The summed E-state index contributed by atoms with van der Waals surface area (Å²) in [6.45, 7) is 5.18. The summed E-state index contributed by atoms with van der Waals surface area (Å²) in [5.74, 6) is -3.32. The van der Waals surface area contributed by atoms with Gasteiger partial charge >= 0.3 is 0 Å². The lowest BCUT2D eigenvalue weighted by Gasteiger charge is -2.30. The Hall–Kier alpha value is -4.08. The fraction of sp³-hybridized carbons (Fsp3) is 0.308. The molecule has 1 saturated heterocycles. The van der Waals surface area contributed by atoms with Gasteiger partial charge in [0, 0.05) is 25.3 Å². The van der Waals surface area contributed by atoms with Gasteiger partial charge < -0.3 is 21.3 Å². The second-order valence-corrected chi connectivity index (χ2v) is 8.94.